The van der Waals surface area contributed by atoms with Gasteiger partial charge in [0.05, 0.1) is 6.61 Å². The van der Waals surface area contributed by atoms with Gasteiger partial charge < -0.3 is 10.2 Å². The number of nitrogens with zero attached hydrogens (tertiary/aromatic N) is 1. The van der Waals surface area contributed by atoms with Crippen molar-refractivity contribution in [2.24, 2.45) is 10.8 Å². The molecule has 10 heavy (non-hydrogen) atoms. The molecule has 0 aliphatic carbocycles. The molecule has 0 aliphatic rings. The van der Waals surface area contributed by atoms with Gasteiger partial charge in [-0.25, -0.2) is 5.84 Å². The van der Waals surface area contributed by atoms with E-state index in [1.807, 2.05) is 6.92 Å². The number of rotatable bonds is 4. The van der Waals surface area contributed by atoms with Crippen molar-refractivity contribution >= 4 is 5.84 Å². The van der Waals surface area contributed by atoms with Gasteiger partial charge in [0.2, 0.25) is 0 Å². The monoisotopic (exact) mass is 145 g/mol. The number of ether oxygens (including phenoxy) is 1. The number of hydrazine groups is 1. The van der Waals surface area contributed by atoms with Crippen LogP contribution in [0.2, 0.25) is 0 Å². The van der Waals surface area contributed by atoms with E-state index >= 15 is 0 Å². The first-order valence-electron chi connectivity index (χ1n) is 3.35. The number of nitrogens with two attached hydrogens (primary N) is 1. The van der Waals surface area contributed by atoms with Crippen molar-refractivity contribution in [2.45, 2.75) is 13.3 Å². The summed E-state index contributed by atoms with van der Waals surface area (Å²) in [6.07, 6.45) is 0.751. The lowest BCUT2D eigenvalue weighted by Gasteiger charge is -2.03. The van der Waals surface area contributed by atoms with Crippen LogP contribution < -0.4 is 11.3 Å². The molecule has 0 amide bonds. The molecule has 0 unspecified atom stereocenters. The van der Waals surface area contributed by atoms with E-state index in [2.05, 4.69) is 10.4 Å². The van der Waals surface area contributed by atoms with Crippen molar-refractivity contribution < 1.29 is 4.74 Å². The molecule has 4 nitrogen and oxygen atoms in total. The minimum Gasteiger partial charge on any atom is -0.381 e. The summed E-state index contributed by atoms with van der Waals surface area (Å²) in [7, 11) is 1.70. The van der Waals surface area contributed by atoms with Crippen LogP contribution in [0.15, 0.2) is 4.99 Å². The molecule has 0 bridgehead atoms. The molecule has 0 aromatic carbocycles. The zero-order valence-corrected chi connectivity index (χ0v) is 6.55. The Balaban J connectivity index is 3.27. The Hall–Kier alpha value is -0.610. The first-order chi connectivity index (χ1) is 4.85. The zero-order chi connectivity index (χ0) is 7.82. The highest BCUT2D eigenvalue weighted by atomic mass is 16.5. The third kappa shape index (κ3) is 4.29. The van der Waals surface area contributed by atoms with Gasteiger partial charge in [0.1, 0.15) is 5.84 Å². The lowest BCUT2D eigenvalue weighted by atomic mass is 10.4. The van der Waals surface area contributed by atoms with E-state index in [4.69, 9.17) is 10.6 Å². The average molecular weight is 145 g/mol. The van der Waals surface area contributed by atoms with Crippen LogP contribution in [0.4, 0.5) is 0 Å². The van der Waals surface area contributed by atoms with E-state index in [0.717, 1.165) is 18.9 Å². The van der Waals surface area contributed by atoms with Gasteiger partial charge >= 0.3 is 0 Å². The lowest BCUT2D eigenvalue weighted by molar-refractivity contribution is 0.154. The SMILES string of the molecule is CCOCCC(=NC)NN. The summed E-state index contributed by atoms with van der Waals surface area (Å²) in [5.74, 6) is 5.90. The largest absolute Gasteiger partial charge is 0.381 e. The summed E-state index contributed by atoms with van der Waals surface area (Å²) < 4.78 is 5.09. The molecule has 0 aromatic heterocycles. The van der Waals surface area contributed by atoms with Crippen LogP contribution in [0.1, 0.15) is 13.3 Å². The smallest absolute Gasteiger partial charge is 0.112 e. The number of amidine groups is 1. The van der Waals surface area contributed by atoms with Crippen LogP contribution in [0.3, 0.4) is 0 Å². The van der Waals surface area contributed by atoms with Gasteiger partial charge in [-0.1, -0.05) is 0 Å². The Morgan fingerprint density at radius 1 is 1.70 bits per heavy atom. The second-order valence-corrected chi connectivity index (χ2v) is 1.76. The van der Waals surface area contributed by atoms with Crippen molar-refractivity contribution in [1.82, 2.24) is 5.43 Å². The summed E-state index contributed by atoms with van der Waals surface area (Å²) in [5, 5.41) is 0. The van der Waals surface area contributed by atoms with E-state index in [0.29, 0.717) is 6.61 Å². The Morgan fingerprint density at radius 3 is 2.80 bits per heavy atom. The second kappa shape index (κ2) is 6.51. The van der Waals surface area contributed by atoms with Gasteiger partial charge in [-0.05, 0) is 6.92 Å². The molecule has 4 heteroatoms. The van der Waals surface area contributed by atoms with E-state index in [9.17, 15) is 0 Å². The van der Waals surface area contributed by atoms with Gasteiger partial charge in [-0.15, -0.1) is 0 Å². The molecule has 0 fully saturated rings. The molecular formula is C6H15N3O. The molecule has 0 heterocycles. The van der Waals surface area contributed by atoms with Crippen molar-refractivity contribution in [1.29, 1.82) is 0 Å². The molecule has 0 aliphatic heterocycles. The summed E-state index contributed by atoms with van der Waals surface area (Å²) in [6.45, 7) is 3.37. The summed E-state index contributed by atoms with van der Waals surface area (Å²) in [5.41, 5.74) is 2.48. The van der Waals surface area contributed by atoms with Crippen LogP contribution in [0.25, 0.3) is 0 Å². The number of hydrogen-bond acceptors (Lipinski definition) is 3. The van der Waals surface area contributed by atoms with E-state index in [1.54, 1.807) is 7.05 Å². The fourth-order valence-electron chi connectivity index (χ4n) is 0.562. The Bertz CT molecular complexity index is 103. The van der Waals surface area contributed by atoms with Gasteiger partial charge in [0, 0.05) is 20.1 Å². The number of nitrogens with one attached hydrogen (secondary N) is 1. The number of hydrogen-bond donors (Lipinski definition) is 2. The summed E-state index contributed by atoms with van der Waals surface area (Å²) in [4.78, 5) is 3.88. The van der Waals surface area contributed by atoms with Gasteiger partial charge in [0.15, 0.2) is 0 Å². The van der Waals surface area contributed by atoms with Crippen LogP contribution in [-0.2, 0) is 4.74 Å². The maximum atomic E-state index is 5.13. The minimum atomic E-state index is 0.674. The third-order valence-electron chi connectivity index (χ3n) is 1.12. The number of aliphatic imine (C=N–C) groups is 1. The lowest BCUT2D eigenvalue weighted by Crippen LogP contribution is -2.31. The zero-order valence-electron chi connectivity index (χ0n) is 6.55. The molecule has 0 saturated carbocycles. The van der Waals surface area contributed by atoms with Crippen molar-refractivity contribution in [3.05, 3.63) is 0 Å². The van der Waals surface area contributed by atoms with Crippen LogP contribution >= 0.6 is 0 Å². The quantitative estimate of drug-likeness (QED) is 0.191. The molecule has 0 rings (SSSR count). The highest BCUT2D eigenvalue weighted by Gasteiger charge is 1.92. The summed E-state index contributed by atoms with van der Waals surface area (Å²) >= 11 is 0. The highest BCUT2D eigenvalue weighted by Crippen LogP contribution is 1.83. The predicted octanol–water partition coefficient (Wildman–Crippen LogP) is -0.0954. The fourth-order valence-corrected chi connectivity index (χ4v) is 0.562. The molecule has 0 radical (unpaired) electrons. The Kier molecular flexibility index (Phi) is 6.11. The first kappa shape index (κ1) is 9.39. The molecule has 0 saturated heterocycles. The van der Waals surface area contributed by atoms with Crippen LogP contribution in [0, 0.1) is 0 Å². The van der Waals surface area contributed by atoms with E-state index < -0.39 is 0 Å². The summed E-state index contributed by atoms with van der Waals surface area (Å²) in [6, 6.07) is 0. The minimum absolute atomic E-state index is 0.674. The first-order valence-corrected chi connectivity index (χ1v) is 3.35. The molecular weight excluding hydrogens is 130 g/mol. The van der Waals surface area contributed by atoms with Crippen molar-refractivity contribution in [3.8, 4) is 0 Å². The maximum Gasteiger partial charge on any atom is 0.112 e. The van der Waals surface area contributed by atoms with Crippen LogP contribution in [0.5, 0.6) is 0 Å². The van der Waals surface area contributed by atoms with Crippen molar-refractivity contribution in [2.75, 3.05) is 20.3 Å². The standard InChI is InChI=1S/C6H15N3O/c1-3-10-5-4-6(8-2)9-7/h3-5,7H2,1-2H3,(H,8,9). The van der Waals surface area contributed by atoms with E-state index in [1.165, 1.54) is 0 Å². The van der Waals surface area contributed by atoms with Gasteiger partial charge in [-0.3, -0.25) is 4.99 Å². The third-order valence-corrected chi connectivity index (χ3v) is 1.12. The topological polar surface area (TPSA) is 59.6 Å². The van der Waals surface area contributed by atoms with Gasteiger partial charge in [-0.2, -0.15) is 0 Å². The molecule has 0 aromatic rings. The Labute approximate surface area is 61.4 Å². The molecule has 0 atom stereocenters. The highest BCUT2D eigenvalue weighted by molar-refractivity contribution is 5.81. The fraction of sp³-hybridized carbons (Fsp3) is 0.833. The molecule has 0 spiro atoms. The molecule has 60 valence electrons. The Morgan fingerprint density at radius 2 is 2.40 bits per heavy atom. The predicted molar refractivity (Wildman–Crippen MR) is 41.8 cm³/mol. The van der Waals surface area contributed by atoms with Gasteiger partial charge in [0.25, 0.3) is 0 Å². The van der Waals surface area contributed by atoms with E-state index in [-0.39, 0.29) is 0 Å². The second-order valence-electron chi connectivity index (χ2n) is 1.76. The van der Waals surface area contributed by atoms with Crippen LogP contribution in [-0.4, -0.2) is 26.1 Å². The normalized spacial score (nSPS) is 11.7. The maximum absolute atomic E-state index is 5.13. The molecule has 3 N–H and O–H groups in total. The van der Waals surface area contributed by atoms with Crippen molar-refractivity contribution in [3.63, 3.8) is 0 Å². The average Bonchev–Trinajstić information content (AvgIpc) is 1.99.